The molecule has 1 amide bonds. The van der Waals surface area contributed by atoms with E-state index < -0.39 is 11.7 Å². The summed E-state index contributed by atoms with van der Waals surface area (Å²) in [4.78, 5) is 16.0. The number of hydrogen-bond donors (Lipinski definition) is 1. The highest BCUT2D eigenvalue weighted by Crippen LogP contribution is 2.24. The van der Waals surface area contributed by atoms with Crippen LogP contribution in [0.3, 0.4) is 0 Å². The molecule has 4 nitrogen and oxygen atoms in total. The lowest BCUT2D eigenvalue weighted by Gasteiger charge is -2.08. The van der Waals surface area contributed by atoms with E-state index in [1.54, 1.807) is 18.3 Å². The molecule has 7 heteroatoms. The number of halogens is 3. The summed E-state index contributed by atoms with van der Waals surface area (Å²) < 4.78 is 18.3. The average molecular weight is 329 g/mol. The molecule has 1 aromatic carbocycles. The highest BCUT2D eigenvalue weighted by atomic mass is 35.5. The second kappa shape index (κ2) is 6.74. The van der Waals surface area contributed by atoms with Gasteiger partial charge in [-0.15, -0.1) is 0 Å². The normalized spacial score (nSPS) is 10.3. The fourth-order valence-electron chi connectivity index (χ4n) is 1.61. The van der Waals surface area contributed by atoms with Crippen molar-refractivity contribution < 1.29 is 13.9 Å². The molecule has 110 valence electrons. The predicted octanol–water partition coefficient (Wildman–Crippen LogP) is 3.47. The van der Waals surface area contributed by atoms with Crippen molar-refractivity contribution in [3.05, 3.63) is 57.5 Å². The number of carbonyl (C=O) groups is 1. The molecule has 0 aliphatic carbocycles. The molecule has 21 heavy (non-hydrogen) atoms. The van der Waals surface area contributed by atoms with E-state index in [0.717, 1.165) is 11.6 Å². The molecular formula is C14H11Cl2FN2O2. The number of nitrogens with zero attached hydrogens (tertiary/aromatic N) is 1. The third-order valence-corrected chi connectivity index (χ3v) is 3.32. The van der Waals surface area contributed by atoms with Crippen LogP contribution in [0.2, 0.25) is 10.0 Å². The number of nitrogens with one attached hydrogen (secondary N) is 1. The Balaban J connectivity index is 2.06. The van der Waals surface area contributed by atoms with Crippen molar-refractivity contribution >= 4 is 29.1 Å². The van der Waals surface area contributed by atoms with Gasteiger partial charge in [-0.1, -0.05) is 29.3 Å². The van der Waals surface area contributed by atoms with Crippen molar-refractivity contribution in [3.63, 3.8) is 0 Å². The summed E-state index contributed by atoms with van der Waals surface area (Å²) in [5, 5.41) is 2.59. The van der Waals surface area contributed by atoms with Crippen LogP contribution in [0.4, 0.5) is 4.39 Å². The molecule has 0 saturated carbocycles. The number of aromatic nitrogens is 1. The summed E-state index contributed by atoms with van der Waals surface area (Å²) in [6.07, 6.45) is 1.57. The zero-order valence-corrected chi connectivity index (χ0v) is 12.5. The molecule has 0 fully saturated rings. The zero-order valence-electron chi connectivity index (χ0n) is 11.0. The van der Waals surface area contributed by atoms with Crippen molar-refractivity contribution in [2.45, 2.75) is 6.54 Å². The van der Waals surface area contributed by atoms with Crippen LogP contribution >= 0.6 is 23.2 Å². The van der Waals surface area contributed by atoms with Gasteiger partial charge in [0.25, 0.3) is 5.91 Å². The first kappa shape index (κ1) is 15.5. The van der Waals surface area contributed by atoms with Crippen LogP contribution in [0.25, 0.3) is 0 Å². The largest absolute Gasteiger partial charge is 0.481 e. The maximum atomic E-state index is 13.4. The number of rotatable bonds is 4. The third kappa shape index (κ3) is 3.83. The molecule has 0 saturated heterocycles. The van der Waals surface area contributed by atoms with Crippen LogP contribution in [0.15, 0.2) is 30.5 Å². The van der Waals surface area contributed by atoms with Crippen molar-refractivity contribution in [2.24, 2.45) is 0 Å². The van der Waals surface area contributed by atoms with E-state index in [0.29, 0.717) is 5.88 Å². The van der Waals surface area contributed by atoms with Gasteiger partial charge >= 0.3 is 0 Å². The van der Waals surface area contributed by atoms with Crippen molar-refractivity contribution in [1.82, 2.24) is 10.3 Å². The van der Waals surface area contributed by atoms with Gasteiger partial charge in [-0.05, 0) is 17.7 Å². The summed E-state index contributed by atoms with van der Waals surface area (Å²) in [7, 11) is 1.51. The van der Waals surface area contributed by atoms with E-state index in [-0.39, 0.29) is 22.2 Å². The first-order valence-corrected chi connectivity index (χ1v) is 6.68. The Bertz CT molecular complexity index is 663. The van der Waals surface area contributed by atoms with E-state index in [9.17, 15) is 9.18 Å². The molecule has 0 atom stereocenters. The molecule has 0 unspecified atom stereocenters. The van der Waals surface area contributed by atoms with Crippen LogP contribution < -0.4 is 10.1 Å². The number of carbonyl (C=O) groups excluding carboxylic acids is 1. The summed E-state index contributed by atoms with van der Waals surface area (Å²) in [6, 6.07) is 5.64. The maximum Gasteiger partial charge on any atom is 0.253 e. The highest BCUT2D eigenvalue weighted by molar-refractivity contribution is 6.36. The van der Waals surface area contributed by atoms with E-state index in [4.69, 9.17) is 27.9 Å². The molecule has 1 aromatic heterocycles. The third-order valence-electron chi connectivity index (χ3n) is 2.71. The quantitative estimate of drug-likeness (QED) is 0.874. The lowest BCUT2D eigenvalue weighted by Crippen LogP contribution is -2.23. The van der Waals surface area contributed by atoms with Gasteiger partial charge in [0.1, 0.15) is 5.82 Å². The monoisotopic (exact) mass is 328 g/mol. The molecule has 1 heterocycles. The van der Waals surface area contributed by atoms with E-state index >= 15 is 0 Å². The minimum absolute atomic E-state index is 0.0278. The Hall–Kier alpha value is -1.85. The maximum absolute atomic E-state index is 13.4. The Morgan fingerprint density at radius 3 is 2.71 bits per heavy atom. The topological polar surface area (TPSA) is 51.2 Å². The molecule has 0 radical (unpaired) electrons. The summed E-state index contributed by atoms with van der Waals surface area (Å²) in [6.45, 7) is 0.233. The molecule has 0 bridgehead atoms. The minimum Gasteiger partial charge on any atom is -0.481 e. The lowest BCUT2D eigenvalue weighted by molar-refractivity contribution is 0.0950. The Labute approximate surface area is 130 Å². The Morgan fingerprint density at radius 2 is 2.10 bits per heavy atom. The van der Waals surface area contributed by atoms with Crippen molar-refractivity contribution in [1.29, 1.82) is 0 Å². The first-order chi connectivity index (χ1) is 10.0. The Kier molecular flexibility index (Phi) is 4.98. The molecule has 0 aliphatic rings. The van der Waals surface area contributed by atoms with Crippen LogP contribution in [0.1, 0.15) is 15.9 Å². The minimum atomic E-state index is -0.697. The zero-order chi connectivity index (χ0) is 15.4. The summed E-state index contributed by atoms with van der Waals surface area (Å²) in [5.41, 5.74) is 0.801. The SMILES string of the molecule is COc1ccc(CNC(=O)c2cc(F)c(Cl)cc2Cl)cn1. The van der Waals surface area contributed by atoms with Crippen LogP contribution in [0.5, 0.6) is 5.88 Å². The van der Waals surface area contributed by atoms with E-state index in [1.807, 2.05) is 0 Å². The summed E-state index contributed by atoms with van der Waals surface area (Å²) in [5.74, 6) is -0.711. The van der Waals surface area contributed by atoms with Crippen LogP contribution in [-0.4, -0.2) is 18.0 Å². The first-order valence-electron chi connectivity index (χ1n) is 5.93. The Morgan fingerprint density at radius 1 is 1.33 bits per heavy atom. The fraction of sp³-hybridized carbons (Fsp3) is 0.143. The van der Waals surface area contributed by atoms with Gasteiger partial charge < -0.3 is 10.1 Å². The molecular weight excluding hydrogens is 318 g/mol. The van der Waals surface area contributed by atoms with E-state index in [2.05, 4.69) is 10.3 Å². The van der Waals surface area contributed by atoms with Crippen molar-refractivity contribution in [2.75, 3.05) is 7.11 Å². The fourth-order valence-corrected chi connectivity index (χ4v) is 2.08. The number of hydrogen-bond acceptors (Lipinski definition) is 3. The van der Waals surface area contributed by atoms with Gasteiger partial charge in [-0.2, -0.15) is 0 Å². The number of pyridine rings is 1. The van der Waals surface area contributed by atoms with Gasteiger partial charge in [0.2, 0.25) is 5.88 Å². The number of ether oxygens (including phenoxy) is 1. The van der Waals surface area contributed by atoms with Crippen molar-refractivity contribution in [3.8, 4) is 5.88 Å². The van der Waals surface area contributed by atoms with Gasteiger partial charge in [-0.3, -0.25) is 4.79 Å². The number of amides is 1. The van der Waals surface area contributed by atoms with E-state index in [1.165, 1.54) is 13.2 Å². The van der Waals surface area contributed by atoms with Crippen LogP contribution in [0, 0.1) is 5.82 Å². The summed E-state index contributed by atoms with van der Waals surface area (Å²) >= 11 is 11.5. The van der Waals surface area contributed by atoms with Gasteiger partial charge in [-0.25, -0.2) is 9.37 Å². The predicted molar refractivity (Wildman–Crippen MR) is 78.4 cm³/mol. The molecule has 1 N–H and O–H groups in total. The van der Waals surface area contributed by atoms with Gasteiger partial charge in [0, 0.05) is 18.8 Å². The van der Waals surface area contributed by atoms with Crippen LogP contribution in [-0.2, 0) is 6.54 Å². The molecule has 2 rings (SSSR count). The number of benzene rings is 1. The smallest absolute Gasteiger partial charge is 0.253 e. The molecule has 0 spiro atoms. The average Bonchev–Trinajstić information content (AvgIpc) is 2.49. The second-order valence-corrected chi connectivity index (χ2v) is 4.95. The van der Waals surface area contributed by atoms with Gasteiger partial charge in [0.15, 0.2) is 0 Å². The standard InChI is InChI=1S/C14H11Cl2FN2O2/c1-21-13-3-2-8(6-18-13)7-19-14(20)9-4-12(17)11(16)5-10(9)15/h2-6H,7H2,1H3,(H,19,20). The number of methoxy groups -OCH3 is 1. The highest BCUT2D eigenvalue weighted by Gasteiger charge is 2.14. The lowest BCUT2D eigenvalue weighted by atomic mass is 10.2. The molecule has 2 aromatic rings. The molecule has 0 aliphatic heterocycles. The van der Waals surface area contributed by atoms with Gasteiger partial charge in [0.05, 0.1) is 22.7 Å². The second-order valence-electron chi connectivity index (χ2n) is 4.14.